The number of hydrogen-bond acceptors (Lipinski definition) is 2. The first-order valence-electron chi connectivity index (χ1n) is 8.37. The molecule has 1 heterocycles. The second-order valence-electron chi connectivity index (χ2n) is 5.84. The van der Waals surface area contributed by atoms with Crippen LogP contribution in [0.2, 0.25) is 5.02 Å². The maximum absolute atomic E-state index is 13.0. The Kier molecular flexibility index (Phi) is 6.05. The van der Waals surface area contributed by atoms with Crippen LogP contribution >= 0.6 is 11.6 Å². The number of carbonyl (C=O) groups is 2. The molecule has 0 N–H and O–H groups in total. The van der Waals surface area contributed by atoms with Gasteiger partial charge in [0.15, 0.2) is 0 Å². The lowest BCUT2D eigenvalue weighted by atomic mass is 9.83. The predicted octanol–water partition coefficient (Wildman–Crippen LogP) is 3.51. The smallest absolute Gasteiger partial charge is 0.228 e. The van der Waals surface area contributed by atoms with Crippen LogP contribution in [0.25, 0.3) is 0 Å². The fourth-order valence-corrected chi connectivity index (χ4v) is 3.66. The van der Waals surface area contributed by atoms with Crippen molar-refractivity contribution in [2.45, 2.75) is 39.7 Å². The van der Waals surface area contributed by atoms with Crippen LogP contribution in [0.15, 0.2) is 24.3 Å². The molecule has 2 rings (SSSR count). The summed E-state index contributed by atoms with van der Waals surface area (Å²) in [5.74, 6) is 0.0398. The monoisotopic (exact) mass is 336 g/mol. The Morgan fingerprint density at radius 2 is 2.00 bits per heavy atom. The largest absolute Gasteiger partial charge is 0.343 e. The van der Waals surface area contributed by atoms with Crippen LogP contribution in [0.5, 0.6) is 0 Å². The van der Waals surface area contributed by atoms with Crippen molar-refractivity contribution in [3.05, 3.63) is 34.9 Å². The van der Waals surface area contributed by atoms with Gasteiger partial charge in [0.2, 0.25) is 11.8 Å². The summed E-state index contributed by atoms with van der Waals surface area (Å²) >= 11 is 6.14. The van der Waals surface area contributed by atoms with E-state index in [2.05, 4.69) is 0 Å². The molecule has 1 aromatic carbocycles. The number of benzene rings is 1. The molecule has 0 radical (unpaired) electrons. The van der Waals surface area contributed by atoms with E-state index in [1.165, 1.54) is 0 Å². The summed E-state index contributed by atoms with van der Waals surface area (Å²) in [5, 5.41) is 0.630. The molecule has 2 amide bonds. The molecular formula is C18H25ClN2O2. The molecule has 1 saturated heterocycles. The third-order valence-corrected chi connectivity index (χ3v) is 4.86. The molecule has 5 heteroatoms. The fraction of sp³-hybridized carbons (Fsp3) is 0.556. The van der Waals surface area contributed by atoms with Crippen molar-refractivity contribution in [1.29, 1.82) is 0 Å². The van der Waals surface area contributed by atoms with E-state index in [4.69, 9.17) is 11.6 Å². The molecule has 0 aliphatic carbocycles. The van der Waals surface area contributed by atoms with Crippen molar-refractivity contribution in [2.24, 2.45) is 5.92 Å². The standard InChI is InChI=1S/C18H25ClN2O2/c1-4-20(5-2)18(23)15-10-11-16(22)21(6-3)17(15)13-8-7-9-14(19)12-13/h7-9,12,15,17H,4-6,10-11H2,1-3H3/t15-,17+/m1/s1. The van der Waals surface area contributed by atoms with Crippen LogP contribution in [-0.4, -0.2) is 41.2 Å². The highest BCUT2D eigenvalue weighted by molar-refractivity contribution is 6.30. The summed E-state index contributed by atoms with van der Waals surface area (Å²) in [5.41, 5.74) is 0.943. The van der Waals surface area contributed by atoms with Gasteiger partial charge in [0.25, 0.3) is 0 Å². The molecule has 0 unspecified atom stereocenters. The number of halogens is 1. The van der Waals surface area contributed by atoms with Crippen LogP contribution in [0.1, 0.15) is 45.2 Å². The Balaban J connectivity index is 2.42. The highest BCUT2D eigenvalue weighted by Gasteiger charge is 2.41. The van der Waals surface area contributed by atoms with Gasteiger partial charge in [0.1, 0.15) is 0 Å². The number of rotatable bonds is 5. The first-order valence-corrected chi connectivity index (χ1v) is 8.74. The van der Waals surface area contributed by atoms with Crippen LogP contribution in [-0.2, 0) is 9.59 Å². The number of piperidine rings is 1. The highest BCUT2D eigenvalue weighted by atomic mass is 35.5. The quantitative estimate of drug-likeness (QED) is 0.825. The summed E-state index contributed by atoms with van der Waals surface area (Å²) < 4.78 is 0. The van der Waals surface area contributed by atoms with E-state index in [1.807, 2.05) is 54.8 Å². The van der Waals surface area contributed by atoms with Crippen molar-refractivity contribution in [1.82, 2.24) is 9.80 Å². The molecule has 1 aromatic rings. The third kappa shape index (κ3) is 3.69. The van der Waals surface area contributed by atoms with Gasteiger partial charge in [0.05, 0.1) is 12.0 Å². The van der Waals surface area contributed by atoms with E-state index < -0.39 is 0 Å². The topological polar surface area (TPSA) is 40.6 Å². The van der Waals surface area contributed by atoms with Gasteiger partial charge in [-0.2, -0.15) is 0 Å². The first-order chi connectivity index (χ1) is 11.0. The molecule has 126 valence electrons. The van der Waals surface area contributed by atoms with Crippen molar-refractivity contribution in [2.75, 3.05) is 19.6 Å². The van der Waals surface area contributed by atoms with Crippen molar-refractivity contribution < 1.29 is 9.59 Å². The molecular weight excluding hydrogens is 312 g/mol. The summed E-state index contributed by atoms with van der Waals surface area (Å²) in [6.07, 6.45) is 1.03. The van der Waals surface area contributed by atoms with Crippen LogP contribution in [0.4, 0.5) is 0 Å². The molecule has 23 heavy (non-hydrogen) atoms. The van der Waals surface area contributed by atoms with Gasteiger partial charge in [-0.3, -0.25) is 9.59 Å². The summed E-state index contributed by atoms with van der Waals surface area (Å²) in [6, 6.07) is 7.29. The van der Waals surface area contributed by atoms with E-state index in [0.717, 1.165) is 5.56 Å². The highest BCUT2D eigenvalue weighted by Crippen LogP contribution is 2.38. The molecule has 4 nitrogen and oxygen atoms in total. The predicted molar refractivity (Wildman–Crippen MR) is 92.2 cm³/mol. The number of carbonyl (C=O) groups excluding carboxylic acids is 2. The zero-order valence-electron chi connectivity index (χ0n) is 14.1. The first kappa shape index (κ1) is 17.8. The molecule has 0 saturated carbocycles. The normalized spacial score (nSPS) is 21.4. The molecule has 1 fully saturated rings. The summed E-state index contributed by atoms with van der Waals surface area (Å²) in [6.45, 7) is 7.91. The van der Waals surface area contributed by atoms with Gasteiger partial charge in [-0.25, -0.2) is 0 Å². The summed E-state index contributed by atoms with van der Waals surface area (Å²) in [7, 11) is 0. The Bertz CT molecular complexity index is 572. The average Bonchev–Trinajstić information content (AvgIpc) is 2.55. The zero-order valence-corrected chi connectivity index (χ0v) is 14.8. The van der Waals surface area contributed by atoms with Gasteiger partial charge >= 0.3 is 0 Å². The number of hydrogen-bond donors (Lipinski definition) is 0. The second-order valence-corrected chi connectivity index (χ2v) is 6.27. The second kappa shape index (κ2) is 7.82. The maximum Gasteiger partial charge on any atom is 0.228 e. The molecule has 0 spiro atoms. The van der Waals surface area contributed by atoms with Crippen molar-refractivity contribution >= 4 is 23.4 Å². The minimum Gasteiger partial charge on any atom is -0.343 e. The van der Waals surface area contributed by atoms with E-state index in [0.29, 0.717) is 37.5 Å². The Labute approximate surface area is 143 Å². The zero-order chi connectivity index (χ0) is 17.0. The van der Waals surface area contributed by atoms with E-state index >= 15 is 0 Å². The van der Waals surface area contributed by atoms with E-state index in [9.17, 15) is 9.59 Å². The number of amides is 2. The van der Waals surface area contributed by atoms with Crippen LogP contribution in [0.3, 0.4) is 0 Å². The van der Waals surface area contributed by atoms with E-state index in [-0.39, 0.29) is 23.8 Å². The average molecular weight is 337 g/mol. The lowest BCUT2D eigenvalue weighted by Gasteiger charge is -2.42. The van der Waals surface area contributed by atoms with Gasteiger partial charge in [-0.1, -0.05) is 23.7 Å². The van der Waals surface area contributed by atoms with Crippen molar-refractivity contribution in [3.8, 4) is 0 Å². The SMILES string of the molecule is CCN(CC)C(=O)[C@@H]1CCC(=O)N(CC)[C@H]1c1cccc(Cl)c1. The Morgan fingerprint density at radius 3 is 2.57 bits per heavy atom. The van der Waals surface area contributed by atoms with Gasteiger partial charge in [-0.15, -0.1) is 0 Å². The van der Waals surface area contributed by atoms with Gasteiger partial charge < -0.3 is 9.80 Å². The molecule has 2 atom stereocenters. The molecule has 0 bridgehead atoms. The Hall–Kier alpha value is -1.55. The van der Waals surface area contributed by atoms with E-state index in [1.54, 1.807) is 0 Å². The maximum atomic E-state index is 13.0. The summed E-state index contributed by atoms with van der Waals surface area (Å²) in [4.78, 5) is 29.0. The van der Waals surface area contributed by atoms with Gasteiger partial charge in [-0.05, 0) is 44.9 Å². The van der Waals surface area contributed by atoms with Gasteiger partial charge in [0, 0.05) is 31.1 Å². The molecule has 1 aliphatic rings. The minimum atomic E-state index is -0.229. The van der Waals surface area contributed by atoms with Crippen LogP contribution in [0, 0.1) is 5.92 Å². The lowest BCUT2D eigenvalue weighted by molar-refractivity contribution is -0.147. The molecule has 1 aliphatic heterocycles. The number of likely N-dealkylation sites (tertiary alicyclic amines) is 1. The molecule has 0 aromatic heterocycles. The third-order valence-electron chi connectivity index (χ3n) is 4.63. The Morgan fingerprint density at radius 1 is 1.30 bits per heavy atom. The lowest BCUT2D eigenvalue weighted by Crippen LogP contribution is -2.49. The fourth-order valence-electron chi connectivity index (χ4n) is 3.46. The van der Waals surface area contributed by atoms with Crippen LogP contribution < -0.4 is 0 Å². The van der Waals surface area contributed by atoms with Crippen molar-refractivity contribution in [3.63, 3.8) is 0 Å². The minimum absolute atomic E-state index is 0.112. The number of nitrogens with zero attached hydrogens (tertiary/aromatic N) is 2.